The highest BCUT2D eigenvalue weighted by molar-refractivity contribution is 5.29. The Morgan fingerprint density at radius 1 is 1.29 bits per heavy atom. The first-order valence-electron chi connectivity index (χ1n) is 7.75. The molecule has 1 atom stereocenters. The summed E-state index contributed by atoms with van der Waals surface area (Å²) in [6, 6.07) is 2.11. The summed E-state index contributed by atoms with van der Waals surface area (Å²) >= 11 is 0. The van der Waals surface area contributed by atoms with Crippen molar-refractivity contribution in [2.24, 2.45) is 5.84 Å². The minimum atomic E-state index is 0.0485. The number of nitrogens with one attached hydrogen (secondary N) is 1. The Hall–Kier alpha value is -1.17. The van der Waals surface area contributed by atoms with E-state index in [0.29, 0.717) is 0 Å². The van der Waals surface area contributed by atoms with Gasteiger partial charge < -0.3 is 9.64 Å². The third-order valence-corrected chi connectivity index (χ3v) is 4.50. The molecule has 1 aliphatic carbocycles. The molecule has 0 amide bonds. The highest BCUT2D eigenvalue weighted by Gasteiger charge is 2.43. The van der Waals surface area contributed by atoms with Gasteiger partial charge in [-0.2, -0.15) is 0 Å². The summed E-state index contributed by atoms with van der Waals surface area (Å²) in [5.74, 6) is 6.71. The quantitative estimate of drug-likeness (QED) is 0.622. The van der Waals surface area contributed by atoms with Gasteiger partial charge in [-0.3, -0.25) is 16.3 Å². The van der Waals surface area contributed by atoms with Crippen LogP contribution in [-0.2, 0) is 0 Å². The van der Waals surface area contributed by atoms with E-state index in [-0.39, 0.29) is 17.7 Å². The van der Waals surface area contributed by atoms with E-state index in [4.69, 9.17) is 10.6 Å². The number of likely N-dealkylation sites (N-methyl/N-ethyl adjacent to an activating group) is 1. The van der Waals surface area contributed by atoms with E-state index in [2.05, 4.69) is 35.5 Å². The zero-order valence-corrected chi connectivity index (χ0v) is 13.6. The Bertz CT molecular complexity index is 455. The van der Waals surface area contributed by atoms with Gasteiger partial charge in [0.05, 0.1) is 18.3 Å². The summed E-state index contributed by atoms with van der Waals surface area (Å²) in [7, 11) is 4.27. The fourth-order valence-electron chi connectivity index (χ4n) is 3.47. The molecule has 3 N–H and O–H groups in total. The number of nitrogens with zero attached hydrogens (tertiary/aromatic N) is 2. The molecule has 1 unspecified atom stereocenters. The summed E-state index contributed by atoms with van der Waals surface area (Å²) in [5.41, 5.74) is 4.16. The van der Waals surface area contributed by atoms with Crippen LogP contribution in [0, 0.1) is 0 Å². The largest absolute Gasteiger partial charge is 0.489 e. The van der Waals surface area contributed by atoms with Crippen LogP contribution in [0.5, 0.6) is 5.75 Å². The van der Waals surface area contributed by atoms with Crippen LogP contribution in [0.2, 0.25) is 0 Å². The minimum absolute atomic E-state index is 0.0485. The lowest BCUT2D eigenvalue weighted by atomic mass is 9.83. The molecule has 0 aromatic carbocycles. The Morgan fingerprint density at radius 3 is 2.48 bits per heavy atom. The monoisotopic (exact) mass is 292 g/mol. The van der Waals surface area contributed by atoms with Gasteiger partial charge in [0, 0.05) is 11.7 Å². The molecular weight excluding hydrogens is 264 g/mol. The Labute approximate surface area is 127 Å². The normalized spacial score (nSPS) is 19.2. The zero-order chi connectivity index (χ0) is 15.5. The first-order valence-corrected chi connectivity index (χ1v) is 7.75. The van der Waals surface area contributed by atoms with E-state index in [1.807, 2.05) is 20.0 Å². The standard InChI is InChI=1S/C16H28N4O/c1-12(2)21-14-9-13(10-18-11-14)15(19-17)16(20(3)4)7-5-6-8-16/h9-12,15,19H,5-8,17H2,1-4H3. The molecule has 1 fully saturated rings. The molecule has 1 aromatic heterocycles. The molecule has 0 bridgehead atoms. The molecule has 1 saturated carbocycles. The highest BCUT2D eigenvalue weighted by atomic mass is 16.5. The molecular formula is C16H28N4O. The number of ether oxygens (including phenoxy) is 1. The lowest BCUT2D eigenvalue weighted by Crippen LogP contribution is -2.53. The van der Waals surface area contributed by atoms with Gasteiger partial charge in [-0.05, 0) is 52.4 Å². The van der Waals surface area contributed by atoms with Crippen molar-refractivity contribution < 1.29 is 4.74 Å². The van der Waals surface area contributed by atoms with Crippen LogP contribution in [-0.4, -0.2) is 35.6 Å². The van der Waals surface area contributed by atoms with Crippen LogP contribution in [0.1, 0.15) is 51.1 Å². The second-order valence-electron chi connectivity index (χ2n) is 6.43. The molecule has 21 heavy (non-hydrogen) atoms. The van der Waals surface area contributed by atoms with Crippen LogP contribution in [0.15, 0.2) is 18.5 Å². The van der Waals surface area contributed by atoms with Gasteiger partial charge in [-0.15, -0.1) is 0 Å². The van der Waals surface area contributed by atoms with Crippen molar-refractivity contribution in [3.63, 3.8) is 0 Å². The van der Waals surface area contributed by atoms with E-state index in [1.54, 1.807) is 6.20 Å². The Balaban J connectivity index is 2.32. The first kappa shape index (κ1) is 16.2. The first-order chi connectivity index (χ1) is 9.99. The van der Waals surface area contributed by atoms with Crippen molar-refractivity contribution in [2.75, 3.05) is 14.1 Å². The number of hydrazine groups is 1. The molecule has 1 aromatic rings. The minimum Gasteiger partial charge on any atom is -0.489 e. The van der Waals surface area contributed by atoms with Crippen LogP contribution in [0.25, 0.3) is 0 Å². The van der Waals surface area contributed by atoms with Crippen LogP contribution < -0.4 is 16.0 Å². The Kier molecular flexibility index (Phi) is 5.19. The van der Waals surface area contributed by atoms with Crippen LogP contribution in [0.3, 0.4) is 0 Å². The fourth-order valence-corrected chi connectivity index (χ4v) is 3.47. The van der Waals surface area contributed by atoms with Crippen molar-refractivity contribution in [3.05, 3.63) is 24.0 Å². The molecule has 5 nitrogen and oxygen atoms in total. The summed E-state index contributed by atoms with van der Waals surface area (Å²) in [6.07, 6.45) is 8.56. The average Bonchev–Trinajstić information content (AvgIpc) is 2.90. The highest BCUT2D eigenvalue weighted by Crippen LogP contribution is 2.43. The zero-order valence-electron chi connectivity index (χ0n) is 13.6. The molecule has 1 aliphatic rings. The van der Waals surface area contributed by atoms with Gasteiger partial charge in [0.2, 0.25) is 0 Å². The molecule has 0 radical (unpaired) electrons. The number of hydrogen-bond acceptors (Lipinski definition) is 5. The lowest BCUT2D eigenvalue weighted by molar-refractivity contribution is 0.104. The van der Waals surface area contributed by atoms with Gasteiger partial charge in [-0.25, -0.2) is 0 Å². The third kappa shape index (κ3) is 3.36. The lowest BCUT2D eigenvalue weighted by Gasteiger charge is -2.43. The summed E-state index contributed by atoms with van der Waals surface area (Å²) in [5, 5.41) is 0. The van der Waals surface area contributed by atoms with Crippen molar-refractivity contribution in [2.45, 2.75) is 57.2 Å². The number of rotatable bonds is 6. The second kappa shape index (κ2) is 6.73. The number of hydrogen-bond donors (Lipinski definition) is 2. The maximum absolute atomic E-state index is 5.91. The molecule has 0 aliphatic heterocycles. The van der Waals surface area contributed by atoms with Gasteiger partial charge in [0.1, 0.15) is 5.75 Å². The predicted molar refractivity (Wildman–Crippen MR) is 85.0 cm³/mol. The van der Waals surface area contributed by atoms with Gasteiger partial charge >= 0.3 is 0 Å². The maximum Gasteiger partial charge on any atom is 0.138 e. The van der Waals surface area contributed by atoms with Crippen LogP contribution in [0.4, 0.5) is 0 Å². The number of nitrogens with two attached hydrogens (primary N) is 1. The summed E-state index contributed by atoms with van der Waals surface area (Å²) in [6.45, 7) is 4.03. The molecule has 0 saturated heterocycles. The summed E-state index contributed by atoms with van der Waals surface area (Å²) in [4.78, 5) is 6.64. The predicted octanol–water partition coefficient (Wildman–Crippen LogP) is 2.25. The van der Waals surface area contributed by atoms with Crippen molar-refractivity contribution in [1.29, 1.82) is 0 Å². The molecule has 1 heterocycles. The van der Waals surface area contributed by atoms with E-state index < -0.39 is 0 Å². The van der Waals surface area contributed by atoms with E-state index in [0.717, 1.165) is 24.2 Å². The van der Waals surface area contributed by atoms with Crippen molar-refractivity contribution in [1.82, 2.24) is 15.3 Å². The molecule has 2 rings (SSSR count). The summed E-state index contributed by atoms with van der Waals surface area (Å²) < 4.78 is 5.76. The van der Waals surface area contributed by atoms with E-state index in [9.17, 15) is 0 Å². The second-order valence-corrected chi connectivity index (χ2v) is 6.43. The van der Waals surface area contributed by atoms with Gasteiger partial charge in [0.15, 0.2) is 0 Å². The molecule has 118 valence electrons. The van der Waals surface area contributed by atoms with Crippen molar-refractivity contribution in [3.8, 4) is 5.75 Å². The maximum atomic E-state index is 5.91. The SMILES string of the molecule is CC(C)Oc1cncc(C(NN)C2(N(C)C)CCCC2)c1. The van der Waals surface area contributed by atoms with Crippen molar-refractivity contribution >= 4 is 0 Å². The molecule has 0 spiro atoms. The number of aromatic nitrogens is 1. The average molecular weight is 292 g/mol. The topological polar surface area (TPSA) is 63.4 Å². The Morgan fingerprint density at radius 2 is 1.95 bits per heavy atom. The van der Waals surface area contributed by atoms with E-state index >= 15 is 0 Å². The van der Waals surface area contributed by atoms with Gasteiger partial charge in [0.25, 0.3) is 0 Å². The fraction of sp³-hybridized carbons (Fsp3) is 0.688. The van der Waals surface area contributed by atoms with Crippen LogP contribution >= 0.6 is 0 Å². The molecule has 5 heteroatoms. The van der Waals surface area contributed by atoms with E-state index in [1.165, 1.54) is 12.8 Å². The third-order valence-electron chi connectivity index (χ3n) is 4.50. The van der Waals surface area contributed by atoms with Gasteiger partial charge in [-0.1, -0.05) is 12.8 Å². The smallest absolute Gasteiger partial charge is 0.138 e. The number of pyridine rings is 1.